The molecule has 1 rings (SSSR count). The highest BCUT2D eigenvalue weighted by Gasteiger charge is 2.11. The first-order chi connectivity index (χ1) is 7.04. The number of anilines is 2. The van der Waals surface area contributed by atoms with Gasteiger partial charge in [-0.3, -0.25) is 4.79 Å². The molecule has 4 nitrogen and oxygen atoms in total. The van der Waals surface area contributed by atoms with Crippen LogP contribution < -0.4 is 16.8 Å². The highest BCUT2D eigenvalue weighted by Crippen LogP contribution is 2.15. The molecule has 0 aliphatic rings. The van der Waals surface area contributed by atoms with Crippen LogP contribution in [0.3, 0.4) is 0 Å². The maximum Gasteiger partial charge on any atom is 0.253 e. The predicted molar refractivity (Wildman–Crippen MR) is 62.5 cm³/mol. The van der Waals surface area contributed by atoms with Crippen molar-refractivity contribution in [3.8, 4) is 0 Å². The largest absolute Gasteiger partial charge is 0.399 e. The minimum atomic E-state index is -0.151. The van der Waals surface area contributed by atoms with Gasteiger partial charge in [-0.2, -0.15) is 0 Å². The highest BCUT2D eigenvalue weighted by atomic mass is 16.1. The van der Waals surface area contributed by atoms with Crippen LogP contribution in [0, 0.1) is 0 Å². The minimum absolute atomic E-state index is 0.148. The Hall–Kier alpha value is -1.71. The SMILES string of the molecule is CCC(C)NC(=O)c1ccc(N)cc1N. The zero-order chi connectivity index (χ0) is 11.4. The van der Waals surface area contributed by atoms with Crippen molar-refractivity contribution in [2.75, 3.05) is 11.5 Å². The summed E-state index contributed by atoms with van der Waals surface area (Å²) < 4.78 is 0. The van der Waals surface area contributed by atoms with Crippen LogP contribution in [-0.4, -0.2) is 11.9 Å². The van der Waals surface area contributed by atoms with E-state index < -0.39 is 0 Å². The number of hydrogen-bond acceptors (Lipinski definition) is 3. The molecule has 0 radical (unpaired) electrons. The van der Waals surface area contributed by atoms with Gasteiger partial charge in [0.15, 0.2) is 0 Å². The van der Waals surface area contributed by atoms with Crippen molar-refractivity contribution in [2.45, 2.75) is 26.3 Å². The summed E-state index contributed by atoms with van der Waals surface area (Å²) in [5, 5.41) is 2.85. The standard InChI is InChI=1S/C11H17N3O/c1-3-7(2)14-11(15)9-5-4-8(12)6-10(9)13/h4-7H,3,12-13H2,1-2H3,(H,14,15). The van der Waals surface area contributed by atoms with E-state index >= 15 is 0 Å². The molecule has 5 N–H and O–H groups in total. The monoisotopic (exact) mass is 207 g/mol. The van der Waals surface area contributed by atoms with E-state index in [0.29, 0.717) is 16.9 Å². The van der Waals surface area contributed by atoms with E-state index in [1.165, 1.54) is 0 Å². The number of amides is 1. The van der Waals surface area contributed by atoms with Gasteiger partial charge in [-0.15, -0.1) is 0 Å². The molecule has 4 heteroatoms. The van der Waals surface area contributed by atoms with E-state index in [2.05, 4.69) is 5.32 Å². The van der Waals surface area contributed by atoms with E-state index in [1.807, 2.05) is 13.8 Å². The molecule has 1 aromatic carbocycles. The van der Waals surface area contributed by atoms with Crippen LogP contribution in [0.15, 0.2) is 18.2 Å². The molecule has 1 unspecified atom stereocenters. The molecule has 15 heavy (non-hydrogen) atoms. The zero-order valence-electron chi connectivity index (χ0n) is 9.08. The zero-order valence-corrected chi connectivity index (χ0v) is 9.08. The molecular formula is C11H17N3O. The lowest BCUT2D eigenvalue weighted by Crippen LogP contribution is -2.32. The van der Waals surface area contributed by atoms with Crippen molar-refractivity contribution in [1.29, 1.82) is 0 Å². The fourth-order valence-corrected chi connectivity index (χ4v) is 1.19. The highest BCUT2D eigenvalue weighted by molar-refractivity contribution is 5.99. The molecule has 0 fully saturated rings. The van der Waals surface area contributed by atoms with Gasteiger partial charge >= 0.3 is 0 Å². The number of benzene rings is 1. The lowest BCUT2D eigenvalue weighted by atomic mass is 10.1. The third-order valence-electron chi connectivity index (χ3n) is 2.31. The fourth-order valence-electron chi connectivity index (χ4n) is 1.19. The molecule has 1 amide bonds. The second kappa shape index (κ2) is 4.68. The number of rotatable bonds is 3. The summed E-state index contributed by atoms with van der Waals surface area (Å²) in [7, 11) is 0. The summed E-state index contributed by atoms with van der Waals surface area (Å²) in [5.41, 5.74) is 12.7. The first-order valence-corrected chi connectivity index (χ1v) is 5.00. The number of nitrogen functional groups attached to an aromatic ring is 2. The third kappa shape index (κ3) is 2.87. The van der Waals surface area contributed by atoms with E-state index in [9.17, 15) is 4.79 Å². The quantitative estimate of drug-likeness (QED) is 0.655. The Bertz CT molecular complexity index is 363. The van der Waals surface area contributed by atoms with Crippen LogP contribution in [0.5, 0.6) is 0 Å². The van der Waals surface area contributed by atoms with E-state index in [1.54, 1.807) is 18.2 Å². The number of nitrogens with two attached hydrogens (primary N) is 2. The number of hydrogen-bond donors (Lipinski definition) is 3. The topological polar surface area (TPSA) is 81.1 Å². The molecule has 0 saturated carbocycles. The Morgan fingerprint density at radius 1 is 1.47 bits per heavy atom. The second-order valence-corrected chi connectivity index (χ2v) is 3.63. The second-order valence-electron chi connectivity index (χ2n) is 3.63. The van der Waals surface area contributed by atoms with Crippen LogP contribution >= 0.6 is 0 Å². The maximum absolute atomic E-state index is 11.7. The van der Waals surface area contributed by atoms with Crippen molar-refractivity contribution in [3.05, 3.63) is 23.8 Å². The van der Waals surface area contributed by atoms with Gasteiger partial charge in [0.1, 0.15) is 0 Å². The van der Waals surface area contributed by atoms with Crippen molar-refractivity contribution in [3.63, 3.8) is 0 Å². The van der Waals surface area contributed by atoms with Crippen LogP contribution in [-0.2, 0) is 0 Å². The first kappa shape index (κ1) is 11.4. The molecule has 0 aliphatic heterocycles. The molecule has 1 atom stereocenters. The van der Waals surface area contributed by atoms with Gasteiger partial charge in [0, 0.05) is 17.4 Å². The molecule has 0 aromatic heterocycles. The van der Waals surface area contributed by atoms with Crippen molar-refractivity contribution in [2.24, 2.45) is 0 Å². The van der Waals surface area contributed by atoms with E-state index in [4.69, 9.17) is 11.5 Å². The minimum Gasteiger partial charge on any atom is -0.399 e. The molecule has 0 saturated heterocycles. The van der Waals surface area contributed by atoms with Gasteiger partial charge < -0.3 is 16.8 Å². The van der Waals surface area contributed by atoms with Crippen molar-refractivity contribution < 1.29 is 4.79 Å². The first-order valence-electron chi connectivity index (χ1n) is 5.00. The van der Waals surface area contributed by atoms with Gasteiger partial charge in [-0.1, -0.05) is 6.92 Å². The lowest BCUT2D eigenvalue weighted by molar-refractivity contribution is 0.0940. The average molecular weight is 207 g/mol. The molecule has 1 aromatic rings. The Balaban J connectivity index is 2.82. The number of carbonyl (C=O) groups is 1. The van der Waals surface area contributed by atoms with Crippen LogP contribution in [0.25, 0.3) is 0 Å². The summed E-state index contributed by atoms with van der Waals surface area (Å²) in [6.45, 7) is 3.96. The van der Waals surface area contributed by atoms with E-state index in [0.717, 1.165) is 6.42 Å². The molecule has 0 heterocycles. The number of nitrogens with one attached hydrogen (secondary N) is 1. The summed E-state index contributed by atoms with van der Waals surface area (Å²) >= 11 is 0. The Labute approximate surface area is 89.6 Å². The molecular weight excluding hydrogens is 190 g/mol. The van der Waals surface area contributed by atoms with Gasteiger partial charge in [0.05, 0.1) is 5.56 Å². The van der Waals surface area contributed by atoms with Gasteiger partial charge in [0.2, 0.25) is 0 Å². The van der Waals surface area contributed by atoms with Crippen LogP contribution in [0.2, 0.25) is 0 Å². The van der Waals surface area contributed by atoms with Gasteiger partial charge in [-0.05, 0) is 31.5 Å². The molecule has 0 aliphatic carbocycles. The smallest absolute Gasteiger partial charge is 0.253 e. The third-order valence-corrected chi connectivity index (χ3v) is 2.31. The molecule has 0 spiro atoms. The normalized spacial score (nSPS) is 12.1. The van der Waals surface area contributed by atoms with Crippen LogP contribution in [0.4, 0.5) is 11.4 Å². The maximum atomic E-state index is 11.7. The van der Waals surface area contributed by atoms with Crippen LogP contribution in [0.1, 0.15) is 30.6 Å². The summed E-state index contributed by atoms with van der Waals surface area (Å²) in [4.78, 5) is 11.7. The lowest BCUT2D eigenvalue weighted by Gasteiger charge is -2.12. The fraction of sp³-hybridized carbons (Fsp3) is 0.364. The summed E-state index contributed by atoms with van der Waals surface area (Å²) in [5.74, 6) is -0.151. The molecule has 0 bridgehead atoms. The van der Waals surface area contributed by atoms with Crippen molar-refractivity contribution >= 4 is 17.3 Å². The summed E-state index contributed by atoms with van der Waals surface area (Å²) in [6.07, 6.45) is 0.890. The number of carbonyl (C=O) groups excluding carboxylic acids is 1. The molecule has 82 valence electrons. The van der Waals surface area contributed by atoms with E-state index in [-0.39, 0.29) is 11.9 Å². The average Bonchev–Trinajstić information content (AvgIpc) is 2.17. The predicted octanol–water partition coefficient (Wildman–Crippen LogP) is 1.38. The van der Waals surface area contributed by atoms with Crippen molar-refractivity contribution in [1.82, 2.24) is 5.32 Å². The van der Waals surface area contributed by atoms with Gasteiger partial charge in [0.25, 0.3) is 5.91 Å². The Kier molecular flexibility index (Phi) is 3.55. The Morgan fingerprint density at radius 2 is 2.13 bits per heavy atom. The van der Waals surface area contributed by atoms with Gasteiger partial charge in [-0.25, -0.2) is 0 Å². The summed E-state index contributed by atoms with van der Waals surface area (Å²) in [6, 6.07) is 5.05. The Morgan fingerprint density at radius 3 is 2.67 bits per heavy atom.